The summed E-state index contributed by atoms with van der Waals surface area (Å²) in [6, 6.07) is 8.83. The van der Waals surface area contributed by atoms with Gasteiger partial charge in [0.1, 0.15) is 12.2 Å². The molecule has 1 N–H and O–H groups in total. The molecule has 6 heteroatoms. The van der Waals surface area contributed by atoms with E-state index in [1.54, 1.807) is 24.3 Å². The van der Waals surface area contributed by atoms with Crippen LogP contribution in [0.15, 0.2) is 53.6 Å². The molecule has 4 aliphatic carbocycles. The van der Waals surface area contributed by atoms with Crippen molar-refractivity contribution in [2.75, 3.05) is 6.61 Å². The highest BCUT2D eigenvalue weighted by molar-refractivity contribution is 6.00. The van der Waals surface area contributed by atoms with Crippen LogP contribution in [-0.4, -0.2) is 40.6 Å². The predicted octanol–water partition coefficient (Wildman–Crippen LogP) is 4.92. The van der Waals surface area contributed by atoms with Crippen molar-refractivity contribution in [1.82, 2.24) is 0 Å². The molecule has 0 aromatic heterocycles. The molecule has 0 aliphatic heterocycles. The molecule has 0 spiro atoms. The van der Waals surface area contributed by atoms with Gasteiger partial charge in [0.25, 0.3) is 0 Å². The van der Waals surface area contributed by atoms with Crippen LogP contribution in [0, 0.1) is 40.9 Å². The minimum absolute atomic E-state index is 0.0460. The van der Waals surface area contributed by atoms with Crippen LogP contribution in [0.5, 0.6) is 0 Å². The van der Waals surface area contributed by atoms with Crippen LogP contribution in [0.4, 0.5) is 0 Å². The third-order valence-corrected chi connectivity index (χ3v) is 9.75. The van der Waals surface area contributed by atoms with Crippen molar-refractivity contribution in [1.29, 1.82) is 0 Å². The highest BCUT2D eigenvalue weighted by atomic mass is 16.6. The topological polar surface area (TPSA) is 89.9 Å². The number of Topliss-reactive ketones (excluding diaryl/α,β-unsaturated/α-hetero) is 1. The van der Waals surface area contributed by atoms with Crippen LogP contribution in [-0.2, 0) is 19.1 Å². The van der Waals surface area contributed by atoms with E-state index in [1.807, 2.05) is 45.9 Å². The van der Waals surface area contributed by atoms with Gasteiger partial charge in [-0.05, 0) is 49.0 Å². The van der Waals surface area contributed by atoms with E-state index in [9.17, 15) is 19.5 Å². The Bertz CT molecular complexity index is 1190. The number of aliphatic hydroxyl groups is 1. The Labute approximate surface area is 219 Å². The van der Waals surface area contributed by atoms with Crippen molar-refractivity contribution in [3.8, 4) is 0 Å². The maximum absolute atomic E-state index is 13.2. The molecule has 4 aliphatic rings. The molecule has 0 heterocycles. The van der Waals surface area contributed by atoms with E-state index in [2.05, 4.69) is 13.8 Å². The lowest BCUT2D eigenvalue weighted by molar-refractivity contribution is -0.175. The summed E-state index contributed by atoms with van der Waals surface area (Å²) < 4.78 is 11.9. The summed E-state index contributed by atoms with van der Waals surface area (Å²) in [5.41, 5.74) is -0.212. The molecule has 2 saturated carbocycles. The zero-order valence-corrected chi connectivity index (χ0v) is 22.6. The molecule has 0 bridgehead atoms. The number of carbonyl (C=O) groups excluding carboxylic acids is 3. The van der Waals surface area contributed by atoms with Crippen LogP contribution in [0.2, 0.25) is 0 Å². The lowest BCUT2D eigenvalue weighted by Gasteiger charge is -2.49. The molecule has 7 atom stereocenters. The molecule has 6 nitrogen and oxygen atoms in total. The van der Waals surface area contributed by atoms with Gasteiger partial charge in [0.15, 0.2) is 5.78 Å². The second-order valence-electron chi connectivity index (χ2n) is 12.5. The first kappa shape index (κ1) is 25.9. The standard InChI is InChI=1S/C31H38O6/c1-17(2)27(33)37-30-15-19(4)31(35)23-12-18(3)25(32)22(23)13-20(14-24(31)26(30)29(30,5)6)16-36-28(34)21-10-8-7-9-11-21/h7-12,14,17,19,22-24,26,35H,13,15-16H2,1-6H3. The molecule has 1 aromatic carbocycles. The molecule has 7 unspecified atom stereocenters. The van der Waals surface area contributed by atoms with Crippen LogP contribution < -0.4 is 0 Å². The first-order chi connectivity index (χ1) is 17.3. The molecule has 0 saturated heterocycles. The molecule has 1 aromatic rings. The first-order valence-electron chi connectivity index (χ1n) is 13.4. The maximum atomic E-state index is 13.2. The molecule has 198 valence electrons. The van der Waals surface area contributed by atoms with Crippen molar-refractivity contribution >= 4 is 17.7 Å². The largest absolute Gasteiger partial charge is 0.458 e. The van der Waals surface area contributed by atoms with Crippen molar-refractivity contribution in [3.63, 3.8) is 0 Å². The van der Waals surface area contributed by atoms with Crippen molar-refractivity contribution < 1.29 is 29.0 Å². The van der Waals surface area contributed by atoms with Gasteiger partial charge >= 0.3 is 11.9 Å². The number of carbonyl (C=O) groups is 3. The number of ketones is 1. The Kier molecular flexibility index (Phi) is 6.06. The van der Waals surface area contributed by atoms with E-state index < -0.39 is 23.1 Å². The van der Waals surface area contributed by atoms with Gasteiger partial charge in [-0.15, -0.1) is 0 Å². The van der Waals surface area contributed by atoms with E-state index >= 15 is 0 Å². The average molecular weight is 507 g/mol. The fourth-order valence-electron chi connectivity index (χ4n) is 7.64. The Morgan fingerprint density at radius 2 is 1.78 bits per heavy atom. The van der Waals surface area contributed by atoms with Crippen molar-refractivity contribution in [2.45, 2.75) is 65.6 Å². The minimum Gasteiger partial charge on any atom is -0.458 e. The third-order valence-electron chi connectivity index (χ3n) is 9.75. The van der Waals surface area contributed by atoms with E-state index in [4.69, 9.17) is 9.47 Å². The van der Waals surface area contributed by atoms with Gasteiger partial charge in [-0.3, -0.25) is 9.59 Å². The van der Waals surface area contributed by atoms with Crippen LogP contribution in [0.1, 0.15) is 64.7 Å². The third kappa shape index (κ3) is 3.74. The summed E-state index contributed by atoms with van der Waals surface area (Å²) in [4.78, 5) is 38.7. The number of esters is 2. The van der Waals surface area contributed by atoms with E-state index in [1.165, 1.54) is 0 Å². The molecular formula is C31H38O6. The highest BCUT2D eigenvalue weighted by Gasteiger charge is 2.82. The Balaban J connectivity index is 1.53. The SMILES string of the molecule is CC1=CC2C(CC(COC(=O)c3ccccc3)=CC3C4C(C)(C)C4(OC(=O)C(C)C)CC(C)C23O)C1=O. The van der Waals surface area contributed by atoms with Gasteiger partial charge in [0, 0.05) is 29.1 Å². The van der Waals surface area contributed by atoms with Gasteiger partial charge in [-0.2, -0.15) is 0 Å². The zero-order valence-electron chi connectivity index (χ0n) is 22.6. The summed E-state index contributed by atoms with van der Waals surface area (Å²) in [6.07, 6.45) is 4.97. The number of rotatable bonds is 5. The number of fused-ring (bicyclic) bond motifs is 5. The Morgan fingerprint density at radius 1 is 1.11 bits per heavy atom. The average Bonchev–Trinajstić information content (AvgIpc) is 3.23. The van der Waals surface area contributed by atoms with E-state index in [0.717, 1.165) is 5.57 Å². The summed E-state index contributed by atoms with van der Waals surface area (Å²) >= 11 is 0. The van der Waals surface area contributed by atoms with Gasteiger partial charge in [0.05, 0.1) is 17.1 Å². The monoisotopic (exact) mass is 506 g/mol. The van der Waals surface area contributed by atoms with Crippen LogP contribution >= 0.6 is 0 Å². The zero-order chi connectivity index (χ0) is 26.9. The predicted molar refractivity (Wildman–Crippen MR) is 138 cm³/mol. The van der Waals surface area contributed by atoms with E-state index in [0.29, 0.717) is 24.0 Å². The highest BCUT2D eigenvalue weighted by Crippen LogP contribution is 2.76. The van der Waals surface area contributed by atoms with Gasteiger partial charge in [0.2, 0.25) is 0 Å². The number of hydrogen-bond acceptors (Lipinski definition) is 6. The molecule has 2 fully saturated rings. The summed E-state index contributed by atoms with van der Waals surface area (Å²) in [7, 11) is 0. The van der Waals surface area contributed by atoms with Gasteiger partial charge in [-0.1, -0.05) is 65.0 Å². The van der Waals surface area contributed by atoms with Crippen LogP contribution in [0.3, 0.4) is 0 Å². The second-order valence-corrected chi connectivity index (χ2v) is 12.5. The van der Waals surface area contributed by atoms with Crippen molar-refractivity contribution in [3.05, 3.63) is 59.2 Å². The van der Waals surface area contributed by atoms with Gasteiger partial charge in [-0.25, -0.2) is 4.79 Å². The van der Waals surface area contributed by atoms with E-state index in [-0.39, 0.29) is 53.4 Å². The minimum atomic E-state index is -1.17. The maximum Gasteiger partial charge on any atom is 0.338 e. The normalized spacial score (nSPS) is 37.4. The molecular weight excluding hydrogens is 468 g/mol. The van der Waals surface area contributed by atoms with Crippen molar-refractivity contribution in [2.24, 2.45) is 40.9 Å². The summed E-state index contributed by atoms with van der Waals surface area (Å²) in [6.45, 7) is 11.8. The number of ether oxygens (including phenoxy) is 2. The Morgan fingerprint density at radius 3 is 2.43 bits per heavy atom. The lowest BCUT2D eigenvalue weighted by atomic mass is 9.61. The Hall–Kier alpha value is -2.73. The second kappa shape index (κ2) is 8.65. The molecule has 0 radical (unpaired) electrons. The van der Waals surface area contributed by atoms with Crippen LogP contribution in [0.25, 0.3) is 0 Å². The fourth-order valence-corrected chi connectivity index (χ4v) is 7.64. The summed E-state index contributed by atoms with van der Waals surface area (Å²) in [5.74, 6) is -2.25. The van der Waals surface area contributed by atoms with Gasteiger partial charge < -0.3 is 14.6 Å². The molecule has 5 rings (SSSR count). The smallest absolute Gasteiger partial charge is 0.338 e. The lowest BCUT2D eigenvalue weighted by Crippen LogP contribution is -2.56. The quantitative estimate of drug-likeness (QED) is 0.451. The fraction of sp³-hybridized carbons (Fsp3) is 0.581. The summed E-state index contributed by atoms with van der Waals surface area (Å²) in [5, 5.41) is 12.5. The number of hydrogen-bond donors (Lipinski definition) is 1. The molecule has 0 amide bonds. The number of allylic oxidation sites excluding steroid dienone is 1. The number of benzene rings is 1. The first-order valence-corrected chi connectivity index (χ1v) is 13.4. The molecule has 37 heavy (non-hydrogen) atoms.